The number of halogens is 1. The Labute approximate surface area is 203 Å². The van der Waals surface area contributed by atoms with E-state index < -0.39 is 41.3 Å². The average molecular weight is 478 g/mol. The van der Waals surface area contributed by atoms with Crippen molar-refractivity contribution >= 4 is 17.7 Å². The summed E-state index contributed by atoms with van der Waals surface area (Å²) in [5.41, 5.74) is 3.21. The van der Waals surface area contributed by atoms with Crippen LogP contribution in [-0.4, -0.2) is 30.9 Å². The molecule has 6 nitrogen and oxygen atoms in total. The van der Waals surface area contributed by atoms with Gasteiger partial charge in [0.05, 0.1) is 18.8 Å². The molecule has 0 bridgehead atoms. The number of ketones is 1. The number of esters is 2. The highest BCUT2D eigenvalue weighted by molar-refractivity contribution is 6.13. The molecule has 182 valence electrons. The van der Waals surface area contributed by atoms with Crippen molar-refractivity contribution in [1.82, 2.24) is 5.32 Å². The minimum Gasteiger partial charge on any atom is -0.465 e. The molecular weight excluding hydrogens is 449 g/mol. The number of carbonyl (C=O) groups excluding carboxylic acids is 3. The number of Topliss-reactive ketones (excluding diaryl/α,β-unsaturated/α-hetero) is 1. The van der Waals surface area contributed by atoms with Gasteiger partial charge in [-0.2, -0.15) is 0 Å². The molecular formula is C28H28FNO5. The first-order valence-electron chi connectivity index (χ1n) is 11.8. The summed E-state index contributed by atoms with van der Waals surface area (Å²) in [5, 5.41) is 3.25. The van der Waals surface area contributed by atoms with Crippen molar-refractivity contribution in [2.75, 3.05) is 13.2 Å². The lowest BCUT2D eigenvalue weighted by Gasteiger charge is -2.39. The molecule has 7 heteroatoms. The van der Waals surface area contributed by atoms with Crippen LogP contribution in [0.15, 0.2) is 77.1 Å². The van der Waals surface area contributed by atoms with E-state index in [-0.39, 0.29) is 18.8 Å². The van der Waals surface area contributed by atoms with Gasteiger partial charge in [0.25, 0.3) is 0 Å². The third-order valence-electron chi connectivity index (χ3n) is 6.49. The van der Waals surface area contributed by atoms with Crippen LogP contribution < -0.4 is 5.32 Å². The van der Waals surface area contributed by atoms with E-state index >= 15 is 0 Å². The molecule has 1 N–H and O–H groups in total. The first-order valence-corrected chi connectivity index (χ1v) is 11.8. The zero-order valence-electron chi connectivity index (χ0n) is 20.0. The molecule has 1 aliphatic carbocycles. The lowest BCUT2D eigenvalue weighted by molar-refractivity contribution is -0.152. The van der Waals surface area contributed by atoms with Crippen molar-refractivity contribution in [3.63, 3.8) is 0 Å². The summed E-state index contributed by atoms with van der Waals surface area (Å²) < 4.78 is 24.4. The fraction of sp³-hybridized carbons (Fsp3) is 0.321. The second-order valence-corrected chi connectivity index (χ2v) is 8.58. The number of hydrogen-bond acceptors (Lipinski definition) is 6. The molecule has 3 atom stereocenters. The number of carbonyl (C=O) groups is 3. The number of ether oxygens (including phenoxy) is 2. The van der Waals surface area contributed by atoms with Gasteiger partial charge in [-0.15, -0.1) is 0 Å². The molecule has 0 spiro atoms. The summed E-state index contributed by atoms with van der Waals surface area (Å²) >= 11 is 0. The quantitative estimate of drug-likeness (QED) is 0.486. The van der Waals surface area contributed by atoms with E-state index in [1.807, 2.05) is 30.3 Å². The Balaban J connectivity index is 1.89. The minimum absolute atomic E-state index is 0.142. The van der Waals surface area contributed by atoms with Crippen LogP contribution in [0.4, 0.5) is 4.39 Å². The third-order valence-corrected chi connectivity index (χ3v) is 6.49. The summed E-state index contributed by atoms with van der Waals surface area (Å²) in [6.07, 6.45) is 0.375. The van der Waals surface area contributed by atoms with Crippen LogP contribution in [0.2, 0.25) is 0 Å². The van der Waals surface area contributed by atoms with Crippen molar-refractivity contribution in [1.29, 1.82) is 0 Å². The molecule has 35 heavy (non-hydrogen) atoms. The summed E-state index contributed by atoms with van der Waals surface area (Å²) in [6.45, 7) is 5.46. The van der Waals surface area contributed by atoms with Gasteiger partial charge in [0.1, 0.15) is 11.7 Å². The second kappa shape index (κ2) is 10.3. The highest BCUT2D eigenvalue weighted by Gasteiger charge is 2.49. The van der Waals surface area contributed by atoms with Crippen LogP contribution in [-0.2, 0) is 23.9 Å². The maximum atomic E-state index is 14.1. The highest BCUT2D eigenvalue weighted by atomic mass is 19.1. The van der Waals surface area contributed by atoms with Crippen molar-refractivity contribution in [3.05, 3.63) is 94.1 Å². The molecule has 1 aliphatic heterocycles. The molecule has 0 aromatic heterocycles. The highest BCUT2D eigenvalue weighted by Crippen LogP contribution is 2.48. The van der Waals surface area contributed by atoms with Crippen LogP contribution >= 0.6 is 0 Å². The van der Waals surface area contributed by atoms with E-state index in [1.165, 1.54) is 12.1 Å². The zero-order valence-corrected chi connectivity index (χ0v) is 20.0. The summed E-state index contributed by atoms with van der Waals surface area (Å²) in [5.74, 6) is -4.30. The second-order valence-electron chi connectivity index (χ2n) is 8.58. The molecule has 0 saturated carbocycles. The van der Waals surface area contributed by atoms with Gasteiger partial charge in [-0.05, 0) is 50.5 Å². The fourth-order valence-electron chi connectivity index (χ4n) is 5.02. The smallest absolute Gasteiger partial charge is 0.336 e. The van der Waals surface area contributed by atoms with Gasteiger partial charge >= 0.3 is 11.9 Å². The van der Waals surface area contributed by atoms with E-state index in [2.05, 4.69) is 5.32 Å². The van der Waals surface area contributed by atoms with Gasteiger partial charge in [0.15, 0.2) is 5.78 Å². The Morgan fingerprint density at radius 2 is 1.63 bits per heavy atom. The Hall–Kier alpha value is -3.74. The molecule has 2 aromatic carbocycles. The summed E-state index contributed by atoms with van der Waals surface area (Å²) in [4.78, 5) is 40.2. The maximum Gasteiger partial charge on any atom is 0.336 e. The summed E-state index contributed by atoms with van der Waals surface area (Å²) in [7, 11) is 0. The first kappa shape index (κ1) is 24.4. The van der Waals surface area contributed by atoms with Crippen molar-refractivity contribution in [2.24, 2.45) is 5.92 Å². The van der Waals surface area contributed by atoms with E-state index in [9.17, 15) is 18.8 Å². The number of allylic oxidation sites excluding steroid dienone is 3. The minimum atomic E-state index is -1.07. The predicted octanol–water partition coefficient (Wildman–Crippen LogP) is 4.54. The molecule has 0 amide bonds. The largest absolute Gasteiger partial charge is 0.465 e. The summed E-state index contributed by atoms with van der Waals surface area (Å²) in [6, 6.07) is 15.1. The predicted molar refractivity (Wildman–Crippen MR) is 128 cm³/mol. The molecule has 0 radical (unpaired) electrons. The van der Waals surface area contributed by atoms with Crippen LogP contribution in [0.1, 0.15) is 50.2 Å². The van der Waals surface area contributed by atoms with Gasteiger partial charge in [-0.1, -0.05) is 42.5 Å². The number of hydrogen-bond donors (Lipinski definition) is 1. The Bertz CT molecular complexity index is 1200. The molecule has 0 fully saturated rings. The Morgan fingerprint density at radius 3 is 2.26 bits per heavy atom. The van der Waals surface area contributed by atoms with Crippen molar-refractivity contribution in [3.8, 4) is 0 Å². The number of rotatable bonds is 6. The average Bonchev–Trinajstić information content (AvgIpc) is 2.84. The molecule has 0 unspecified atom stereocenters. The fourth-order valence-corrected chi connectivity index (χ4v) is 5.02. The number of nitrogens with one attached hydrogen (secondary N) is 1. The van der Waals surface area contributed by atoms with Gasteiger partial charge in [-0.25, -0.2) is 9.18 Å². The molecule has 1 heterocycles. The van der Waals surface area contributed by atoms with Crippen LogP contribution in [0, 0.1) is 11.7 Å². The van der Waals surface area contributed by atoms with E-state index in [0.29, 0.717) is 29.0 Å². The van der Waals surface area contributed by atoms with Gasteiger partial charge < -0.3 is 14.8 Å². The monoisotopic (exact) mass is 477 g/mol. The van der Waals surface area contributed by atoms with E-state index in [1.54, 1.807) is 32.9 Å². The molecule has 2 aromatic rings. The SMILES string of the molecule is CCOC(=O)C1=C(C)NC2=C(C(=O)[C@H](C(=O)OCC)[C@@H](c3ccccc3)C2)[C@H]1c1ccc(F)cc1. The molecule has 2 aliphatic rings. The first-order chi connectivity index (χ1) is 16.9. The van der Waals surface area contributed by atoms with Gasteiger partial charge in [0.2, 0.25) is 0 Å². The molecule has 4 rings (SSSR count). The van der Waals surface area contributed by atoms with Crippen molar-refractivity contribution in [2.45, 2.75) is 39.0 Å². The Kier molecular flexibility index (Phi) is 7.15. The van der Waals surface area contributed by atoms with Crippen LogP contribution in [0.5, 0.6) is 0 Å². The lowest BCUT2D eigenvalue weighted by Crippen LogP contribution is -2.43. The zero-order chi connectivity index (χ0) is 25.1. The van der Waals surface area contributed by atoms with E-state index in [4.69, 9.17) is 9.47 Å². The van der Waals surface area contributed by atoms with E-state index in [0.717, 1.165) is 5.56 Å². The van der Waals surface area contributed by atoms with Crippen LogP contribution in [0.25, 0.3) is 0 Å². The number of benzene rings is 2. The standard InChI is InChI=1S/C28H28FNO5/c1-4-34-27(32)22-16(3)30-21-15-20(17-9-7-6-8-10-17)24(28(33)35-5-2)26(31)25(21)23(22)18-11-13-19(29)14-12-18/h6-14,20,23-24,30H,4-5,15H2,1-3H3/t20-,23+,24-/m1/s1. The van der Waals surface area contributed by atoms with Crippen LogP contribution in [0.3, 0.4) is 0 Å². The van der Waals surface area contributed by atoms with Gasteiger partial charge in [-0.3, -0.25) is 9.59 Å². The van der Waals surface area contributed by atoms with Gasteiger partial charge in [0, 0.05) is 28.8 Å². The number of dihydropyridines is 1. The van der Waals surface area contributed by atoms with Crippen molar-refractivity contribution < 1.29 is 28.2 Å². The topological polar surface area (TPSA) is 81.7 Å². The molecule has 0 saturated heterocycles. The normalized spacial score (nSPS) is 21.8. The third kappa shape index (κ3) is 4.63. The maximum absolute atomic E-state index is 14.1. The lowest BCUT2D eigenvalue weighted by atomic mass is 9.67. The Morgan fingerprint density at radius 1 is 0.971 bits per heavy atom.